The fourth-order valence-corrected chi connectivity index (χ4v) is 2.24. The van der Waals surface area contributed by atoms with Gasteiger partial charge in [-0.2, -0.15) is 0 Å². The number of hydrogen-bond acceptors (Lipinski definition) is 3. The average molecular weight is 220 g/mol. The third kappa shape index (κ3) is 1.83. The zero-order valence-corrected chi connectivity index (χ0v) is 9.66. The molecule has 0 aliphatic carbocycles. The summed E-state index contributed by atoms with van der Waals surface area (Å²) in [5.41, 5.74) is 3.55. The van der Waals surface area contributed by atoms with E-state index in [2.05, 4.69) is 0 Å². The van der Waals surface area contributed by atoms with Gasteiger partial charge in [0, 0.05) is 12.0 Å². The van der Waals surface area contributed by atoms with Gasteiger partial charge in [0.1, 0.15) is 12.0 Å². The van der Waals surface area contributed by atoms with E-state index in [0.717, 1.165) is 17.6 Å². The van der Waals surface area contributed by atoms with Crippen molar-refractivity contribution in [2.45, 2.75) is 32.5 Å². The van der Waals surface area contributed by atoms with Gasteiger partial charge in [-0.1, -0.05) is 13.0 Å². The first-order chi connectivity index (χ1) is 7.77. The number of fused-ring (bicyclic) bond motifs is 1. The van der Waals surface area contributed by atoms with Crippen molar-refractivity contribution in [2.24, 2.45) is 0 Å². The molecule has 1 aromatic rings. The van der Waals surface area contributed by atoms with Gasteiger partial charge in [0.05, 0.1) is 20.3 Å². The first-order valence-corrected chi connectivity index (χ1v) is 5.48. The van der Waals surface area contributed by atoms with Gasteiger partial charge in [-0.25, -0.2) is 0 Å². The van der Waals surface area contributed by atoms with Crippen molar-refractivity contribution in [3.63, 3.8) is 0 Å². The van der Waals surface area contributed by atoms with Gasteiger partial charge in [-0.3, -0.25) is 0 Å². The van der Waals surface area contributed by atoms with E-state index in [1.54, 1.807) is 7.11 Å². The summed E-state index contributed by atoms with van der Waals surface area (Å²) in [4.78, 5) is 10.6. The smallest absolute Gasteiger partial charge is 0.122 e. The Bertz CT molecular complexity index is 398. The first-order valence-electron chi connectivity index (χ1n) is 5.48. The third-order valence-electron chi connectivity index (χ3n) is 3.08. The van der Waals surface area contributed by atoms with Crippen LogP contribution in [0.15, 0.2) is 12.1 Å². The van der Waals surface area contributed by atoms with E-state index in [9.17, 15) is 4.79 Å². The van der Waals surface area contributed by atoms with Crippen LogP contribution in [0.5, 0.6) is 5.75 Å². The molecule has 2 rings (SSSR count). The van der Waals surface area contributed by atoms with Gasteiger partial charge >= 0.3 is 0 Å². The van der Waals surface area contributed by atoms with Crippen molar-refractivity contribution >= 4 is 6.29 Å². The second-order valence-corrected chi connectivity index (χ2v) is 4.12. The number of methoxy groups -OCH3 is 1. The highest BCUT2D eigenvalue weighted by Crippen LogP contribution is 2.36. The van der Waals surface area contributed by atoms with E-state index in [4.69, 9.17) is 9.47 Å². The van der Waals surface area contributed by atoms with E-state index >= 15 is 0 Å². The van der Waals surface area contributed by atoms with Crippen molar-refractivity contribution in [3.05, 3.63) is 28.8 Å². The number of rotatable bonds is 4. The highest BCUT2D eigenvalue weighted by Gasteiger charge is 2.22. The van der Waals surface area contributed by atoms with Gasteiger partial charge in [0.2, 0.25) is 0 Å². The summed E-state index contributed by atoms with van der Waals surface area (Å²) in [6, 6.07) is 4.00. The molecule has 0 amide bonds. The Kier molecular flexibility index (Phi) is 3.25. The van der Waals surface area contributed by atoms with E-state index in [0.29, 0.717) is 19.6 Å². The fourth-order valence-electron chi connectivity index (χ4n) is 2.24. The van der Waals surface area contributed by atoms with Gasteiger partial charge in [0.15, 0.2) is 0 Å². The maximum absolute atomic E-state index is 10.6. The number of ether oxygens (including phenoxy) is 2. The number of carbonyl (C=O) groups is 1. The van der Waals surface area contributed by atoms with Crippen molar-refractivity contribution in [3.8, 4) is 5.75 Å². The Balaban J connectivity index is 2.47. The highest BCUT2D eigenvalue weighted by molar-refractivity contribution is 5.55. The summed E-state index contributed by atoms with van der Waals surface area (Å²) in [7, 11) is 1.66. The minimum Gasteiger partial charge on any atom is -0.496 e. The van der Waals surface area contributed by atoms with Crippen molar-refractivity contribution in [1.82, 2.24) is 0 Å². The molecule has 1 heterocycles. The molecule has 1 aliphatic heterocycles. The lowest BCUT2D eigenvalue weighted by Gasteiger charge is -2.17. The van der Waals surface area contributed by atoms with Crippen LogP contribution in [0.3, 0.4) is 0 Å². The molecule has 86 valence electrons. The van der Waals surface area contributed by atoms with Crippen LogP contribution in [-0.2, 0) is 22.7 Å². The normalized spacial score (nSPS) is 15.6. The van der Waals surface area contributed by atoms with Crippen LogP contribution in [0.1, 0.15) is 36.0 Å². The molecule has 1 aliphatic rings. The van der Waals surface area contributed by atoms with Gasteiger partial charge < -0.3 is 14.3 Å². The molecule has 0 saturated carbocycles. The molecule has 3 nitrogen and oxygen atoms in total. The molecule has 16 heavy (non-hydrogen) atoms. The summed E-state index contributed by atoms with van der Waals surface area (Å²) in [5.74, 6) is 1.04. The van der Waals surface area contributed by atoms with E-state index in [-0.39, 0.29) is 5.92 Å². The highest BCUT2D eigenvalue weighted by atomic mass is 16.5. The zero-order valence-electron chi connectivity index (χ0n) is 9.66. The van der Waals surface area contributed by atoms with E-state index in [1.165, 1.54) is 11.1 Å². The Labute approximate surface area is 95.4 Å². The fraction of sp³-hybridized carbons (Fsp3) is 0.462. The molecule has 0 fully saturated rings. The molecular formula is C13H16O3. The first kappa shape index (κ1) is 11.1. The van der Waals surface area contributed by atoms with Crippen LogP contribution >= 0.6 is 0 Å². The van der Waals surface area contributed by atoms with Gasteiger partial charge in [-0.05, 0) is 23.1 Å². The van der Waals surface area contributed by atoms with Crippen molar-refractivity contribution < 1.29 is 14.3 Å². The molecule has 0 N–H and O–H groups in total. The molecule has 1 unspecified atom stereocenters. The van der Waals surface area contributed by atoms with Crippen LogP contribution in [0.2, 0.25) is 0 Å². The molecule has 0 radical (unpaired) electrons. The molecule has 3 heteroatoms. The molecule has 0 bridgehead atoms. The second kappa shape index (κ2) is 4.66. The zero-order chi connectivity index (χ0) is 11.5. The van der Waals surface area contributed by atoms with E-state index in [1.807, 2.05) is 19.1 Å². The molecule has 0 saturated heterocycles. The standard InChI is InChI=1S/C13H16O3/c1-9(5-6-14)13-11-8-16-7-10(11)3-4-12(13)15-2/h3-4,6,9H,5,7-8H2,1-2H3. The summed E-state index contributed by atoms with van der Waals surface area (Å²) in [5, 5.41) is 0. The molecule has 1 aromatic carbocycles. The number of benzene rings is 1. The number of hydrogen-bond donors (Lipinski definition) is 0. The SMILES string of the molecule is COc1ccc2c(c1C(C)CC=O)COC2. The van der Waals surface area contributed by atoms with Crippen LogP contribution in [0.25, 0.3) is 0 Å². The Hall–Kier alpha value is -1.35. The predicted molar refractivity (Wildman–Crippen MR) is 60.6 cm³/mol. The maximum atomic E-state index is 10.6. The van der Waals surface area contributed by atoms with Crippen LogP contribution < -0.4 is 4.74 Å². The Morgan fingerprint density at radius 2 is 2.31 bits per heavy atom. The molecule has 0 aromatic heterocycles. The van der Waals surface area contributed by atoms with Crippen LogP contribution in [0.4, 0.5) is 0 Å². The molecular weight excluding hydrogens is 204 g/mol. The molecule has 1 atom stereocenters. The largest absolute Gasteiger partial charge is 0.496 e. The quantitative estimate of drug-likeness (QED) is 0.731. The van der Waals surface area contributed by atoms with Gasteiger partial charge in [0.25, 0.3) is 0 Å². The number of aldehydes is 1. The monoisotopic (exact) mass is 220 g/mol. The number of carbonyl (C=O) groups excluding carboxylic acids is 1. The Morgan fingerprint density at radius 3 is 3.00 bits per heavy atom. The lowest BCUT2D eigenvalue weighted by Crippen LogP contribution is -2.03. The van der Waals surface area contributed by atoms with Crippen molar-refractivity contribution in [1.29, 1.82) is 0 Å². The average Bonchev–Trinajstić information content (AvgIpc) is 2.75. The minimum atomic E-state index is 0.184. The Morgan fingerprint density at radius 1 is 1.50 bits per heavy atom. The van der Waals surface area contributed by atoms with Crippen LogP contribution in [-0.4, -0.2) is 13.4 Å². The lowest BCUT2D eigenvalue weighted by molar-refractivity contribution is -0.108. The minimum absolute atomic E-state index is 0.184. The van der Waals surface area contributed by atoms with Gasteiger partial charge in [-0.15, -0.1) is 0 Å². The van der Waals surface area contributed by atoms with Crippen LogP contribution in [0, 0.1) is 0 Å². The summed E-state index contributed by atoms with van der Waals surface area (Å²) < 4.78 is 10.8. The summed E-state index contributed by atoms with van der Waals surface area (Å²) in [6.45, 7) is 3.34. The van der Waals surface area contributed by atoms with Crippen molar-refractivity contribution in [2.75, 3.05) is 7.11 Å². The summed E-state index contributed by atoms with van der Waals surface area (Å²) >= 11 is 0. The predicted octanol–water partition coefficient (Wildman–Crippen LogP) is 2.42. The second-order valence-electron chi connectivity index (χ2n) is 4.12. The van der Waals surface area contributed by atoms with E-state index < -0.39 is 0 Å². The lowest BCUT2D eigenvalue weighted by atomic mass is 9.91. The third-order valence-corrected chi connectivity index (χ3v) is 3.08. The summed E-state index contributed by atoms with van der Waals surface area (Å²) in [6.07, 6.45) is 1.48. The maximum Gasteiger partial charge on any atom is 0.122 e. The molecule has 0 spiro atoms. The topological polar surface area (TPSA) is 35.5 Å².